The molecule has 0 spiro atoms. The zero-order chi connectivity index (χ0) is 10.3. The first kappa shape index (κ1) is 12.4. The quantitative estimate of drug-likeness (QED) is 0.637. The molecule has 1 saturated carbocycles. The maximum Gasteiger partial charge on any atom is 0.308 e. The van der Waals surface area contributed by atoms with Crippen LogP contribution < -0.4 is 0 Å². The molecule has 0 atom stereocenters. The number of rotatable bonds is 1. The van der Waals surface area contributed by atoms with Gasteiger partial charge in [0.25, 0.3) is 0 Å². The zero-order valence-corrected chi connectivity index (χ0v) is 8.75. The second-order valence-corrected chi connectivity index (χ2v) is 3.03. The lowest BCUT2D eigenvalue weighted by molar-refractivity contribution is -0.147. The standard InChI is InChI=1S/C8H14O3.C2H6/c1-11-8(10)6-2-4-7(9)5-3-6;1-2/h6-7,9H,2-5H2,1H3;1-2H3. The molecule has 0 amide bonds. The van der Waals surface area contributed by atoms with Gasteiger partial charge >= 0.3 is 5.97 Å². The largest absolute Gasteiger partial charge is 0.469 e. The highest BCUT2D eigenvalue weighted by Crippen LogP contribution is 2.24. The van der Waals surface area contributed by atoms with Crippen LogP contribution in [0, 0.1) is 5.92 Å². The van der Waals surface area contributed by atoms with Gasteiger partial charge in [-0.25, -0.2) is 0 Å². The minimum Gasteiger partial charge on any atom is -0.469 e. The maximum absolute atomic E-state index is 11.0. The fourth-order valence-corrected chi connectivity index (χ4v) is 1.48. The molecule has 1 aliphatic carbocycles. The molecule has 0 aromatic carbocycles. The minimum absolute atomic E-state index is 0.0309. The molecule has 3 heteroatoms. The normalized spacial score (nSPS) is 27.1. The van der Waals surface area contributed by atoms with Crippen molar-refractivity contribution in [2.45, 2.75) is 45.6 Å². The second kappa shape index (κ2) is 6.89. The van der Waals surface area contributed by atoms with E-state index in [0.717, 1.165) is 25.7 Å². The van der Waals surface area contributed by atoms with Gasteiger partial charge in [0, 0.05) is 0 Å². The van der Waals surface area contributed by atoms with Crippen LogP contribution in [0.1, 0.15) is 39.5 Å². The topological polar surface area (TPSA) is 46.5 Å². The molecule has 0 bridgehead atoms. The van der Waals surface area contributed by atoms with E-state index in [1.54, 1.807) is 0 Å². The molecular formula is C10H20O3. The van der Waals surface area contributed by atoms with Crippen molar-refractivity contribution in [2.24, 2.45) is 5.92 Å². The Hall–Kier alpha value is -0.570. The Kier molecular flexibility index (Phi) is 6.59. The molecule has 78 valence electrons. The minimum atomic E-state index is -0.198. The predicted molar refractivity (Wildman–Crippen MR) is 51.3 cm³/mol. The Morgan fingerprint density at radius 1 is 1.23 bits per heavy atom. The maximum atomic E-state index is 11.0. The molecule has 1 fully saturated rings. The molecule has 0 unspecified atom stereocenters. The van der Waals surface area contributed by atoms with Crippen molar-refractivity contribution in [3.63, 3.8) is 0 Å². The van der Waals surface area contributed by atoms with E-state index in [9.17, 15) is 4.79 Å². The van der Waals surface area contributed by atoms with Gasteiger partial charge < -0.3 is 9.84 Å². The van der Waals surface area contributed by atoms with Crippen molar-refractivity contribution in [3.8, 4) is 0 Å². The number of aliphatic hydroxyl groups is 1. The molecule has 13 heavy (non-hydrogen) atoms. The Balaban J connectivity index is 0.000000671. The molecule has 1 N–H and O–H groups in total. The zero-order valence-electron chi connectivity index (χ0n) is 8.75. The Labute approximate surface area is 80.1 Å². The molecule has 0 saturated heterocycles. The lowest BCUT2D eigenvalue weighted by atomic mass is 9.88. The van der Waals surface area contributed by atoms with Crippen molar-refractivity contribution < 1.29 is 14.6 Å². The van der Waals surface area contributed by atoms with E-state index in [4.69, 9.17) is 5.11 Å². The van der Waals surface area contributed by atoms with Crippen LogP contribution in [-0.2, 0) is 9.53 Å². The monoisotopic (exact) mass is 188 g/mol. The van der Waals surface area contributed by atoms with Crippen LogP contribution in [0.15, 0.2) is 0 Å². The van der Waals surface area contributed by atoms with Crippen molar-refractivity contribution in [1.29, 1.82) is 0 Å². The van der Waals surface area contributed by atoms with Gasteiger partial charge in [0.1, 0.15) is 0 Å². The number of methoxy groups -OCH3 is 1. The number of esters is 1. The van der Waals surface area contributed by atoms with Crippen LogP contribution >= 0.6 is 0 Å². The van der Waals surface area contributed by atoms with Gasteiger partial charge in [0.05, 0.1) is 19.1 Å². The summed E-state index contributed by atoms with van der Waals surface area (Å²) in [6.45, 7) is 4.00. The van der Waals surface area contributed by atoms with Crippen LogP contribution in [0.5, 0.6) is 0 Å². The van der Waals surface area contributed by atoms with Crippen LogP contribution in [0.3, 0.4) is 0 Å². The van der Waals surface area contributed by atoms with Gasteiger partial charge in [0.15, 0.2) is 0 Å². The summed E-state index contributed by atoms with van der Waals surface area (Å²) in [7, 11) is 1.41. The Morgan fingerprint density at radius 3 is 2.08 bits per heavy atom. The molecular weight excluding hydrogens is 168 g/mol. The summed E-state index contributed by atoms with van der Waals surface area (Å²) in [5.41, 5.74) is 0. The first-order valence-corrected chi connectivity index (χ1v) is 5.00. The van der Waals surface area contributed by atoms with E-state index < -0.39 is 0 Å². The molecule has 3 nitrogen and oxygen atoms in total. The summed E-state index contributed by atoms with van der Waals surface area (Å²) < 4.78 is 4.60. The lowest BCUT2D eigenvalue weighted by Gasteiger charge is -2.22. The van der Waals surface area contributed by atoms with Crippen molar-refractivity contribution in [1.82, 2.24) is 0 Å². The number of carbonyl (C=O) groups is 1. The molecule has 0 aromatic heterocycles. The average molecular weight is 188 g/mol. The van der Waals surface area contributed by atoms with E-state index in [2.05, 4.69) is 4.74 Å². The number of carbonyl (C=O) groups excluding carboxylic acids is 1. The summed E-state index contributed by atoms with van der Waals surface area (Å²) >= 11 is 0. The first-order valence-electron chi connectivity index (χ1n) is 5.00. The van der Waals surface area contributed by atoms with Gasteiger partial charge in [0.2, 0.25) is 0 Å². The third-order valence-electron chi connectivity index (χ3n) is 2.23. The number of aliphatic hydroxyl groups excluding tert-OH is 1. The molecule has 0 radical (unpaired) electrons. The SMILES string of the molecule is CC.COC(=O)C1CCC(O)CC1. The Bertz CT molecular complexity index is 137. The van der Waals surface area contributed by atoms with E-state index in [1.165, 1.54) is 7.11 Å². The van der Waals surface area contributed by atoms with E-state index >= 15 is 0 Å². The van der Waals surface area contributed by atoms with Gasteiger partial charge in [-0.3, -0.25) is 4.79 Å². The fourth-order valence-electron chi connectivity index (χ4n) is 1.48. The summed E-state index contributed by atoms with van der Waals surface area (Å²) in [4.78, 5) is 11.0. The summed E-state index contributed by atoms with van der Waals surface area (Å²) in [6.07, 6.45) is 2.82. The van der Waals surface area contributed by atoms with Crippen LogP contribution in [-0.4, -0.2) is 24.3 Å². The van der Waals surface area contributed by atoms with Crippen molar-refractivity contribution in [2.75, 3.05) is 7.11 Å². The molecule has 0 heterocycles. The Morgan fingerprint density at radius 2 is 1.69 bits per heavy atom. The highest BCUT2D eigenvalue weighted by atomic mass is 16.5. The van der Waals surface area contributed by atoms with Crippen LogP contribution in [0.4, 0.5) is 0 Å². The third kappa shape index (κ3) is 4.27. The first-order chi connectivity index (χ1) is 6.24. The van der Waals surface area contributed by atoms with Crippen molar-refractivity contribution >= 4 is 5.97 Å². The van der Waals surface area contributed by atoms with Gasteiger partial charge in [-0.05, 0) is 25.7 Å². The predicted octanol–water partition coefficient (Wildman–Crippen LogP) is 1.74. The lowest BCUT2D eigenvalue weighted by Crippen LogP contribution is -2.24. The van der Waals surface area contributed by atoms with E-state index in [0.29, 0.717) is 0 Å². The highest BCUT2D eigenvalue weighted by Gasteiger charge is 2.25. The van der Waals surface area contributed by atoms with E-state index in [-0.39, 0.29) is 18.0 Å². The average Bonchev–Trinajstić information content (AvgIpc) is 2.21. The fraction of sp³-hybridized carbons (Fsp3) is 0.900. The van der Waals surface area contributed by atoms with Gasteiger partial charge in [-0.2, -0.15) is 0 Å². The number of hydrogen-bond donors (Lipinski definition) is 1. The van der Waals surface area contributed by atoms with E-state index in [1.807, 2.05) is 13.8 Å². The number of hydrogen-bond acceptors (Lipinski definition) is 3. The highest BCUT2D eigenvalue weighted by molar-refractivity contribution is 5.72. The smallest absolute Gasteiger partial charge is 0.308 e. The van der Waals surface area contributed by atoms with Gasteiger partial charge in [-0.15, -0.1) is 0 Å². The van der Waals surface area contributed by atoms with Crippen LogP contribution in [0.2, 0.25) is 0 Å². The molecule has 0 aromatic rings. The number of ether oxygens (including phenoxy) is 1. The summed E-state index contributed by atoms with van der Waals surface area (Å²) in [5.74, 6) is -0.0969. The van der Waals surface area contributed by atoms with Crippen molar-refractivity contribution in [3.05, 3.63) is 0 Å². The van der Waals surface area contributed by atoms with Gasteiger partial charge in [-0.1, -0.05) is 13.8 Å². The summed E-state index contributed by atoms with van der Waals surface area (Å²) in [6, 6.07) is 0. The third-order valence-corrected chi connectivity index (χ3v) is 2.23. The molecule has 1 aliphatic rings. The second-order valence-electron chi connectivity index (χ2n) is 3.03. The molecule has 0 aliphatic heterocycles. The molecule has 1 rings (SSSR count). The summed E-state index contributed by atoms with van der Waals surface area (Å²) in [5, 5.41) is 9.13. The van der Waals surface area contributed by atoms with Crippen LogP contribution in [0.25, 0.3) is 0 Å².